The van der Waals surface area contributed by atoms with Crippen molar-refractivity contribution < 1.29 is 14.4 Å². The highest BCUT2D eigenvalue weighted by Crippen LogP contribution is 2.26. The van der Waals surface area contributed by atoms with E-state index < -0.39 is 11.9 Å². The fourth-order valence-electron chi connectivity index (χ4n) is 3.59. The molecule has 7 heteroatoms. The van der Waals surface area contributed by atoms with E-state index in [-0.39, 0.29) is 0 Å². The van der Waals surface area contributed by atoms with E-state index in [1.54, 1.807) is 6.20 Å². The highest BCUT2D eigenvalue weighted by atomic mass is 16.5. The standard InChI is InChI=1S/C16H20N4O3/c21-16(22)11-7-19(10-15-17-5-6-20(15)8-11)9-13-12-3-1-2-4-14(12)23-18-13/h5-6,11H,1-4,7-10H2,(H,21,22). The van der Waals surface area contributed by atoms with Crippen molar-refractivity contribution in [2.45, 2.75) is 45.3 Å². The van der Waals surface area contributed by atoms with Gasteiger partial charge in [0.25, 0.3) is 0 Å². The molecular weight excluding hydrogens is 296 g/mol. The summed E-state index contributed by atoms with van der Waals surface area (Å²) in [6, 6.07) is 0. The van der Waals surface area contributed by atoms with Crippen molar-refractivity contribution in [1.29, 1.82) is 0 Å². The first-order valence-corrected chi connectivity index (χ1v) is 8.12. The van der Waals surface area contributed by atoms with Crippen LogP contribution in [0, 0.1) is 5.92 Å². The Balaban J connectivity index is 1.58. The van der Waals surface area contributed by atoms with Gasteiger partial charge in [-0.15, -0.1) is 0 Å². The van der Waals surface area contributed by atoms with Crippen molar-refractivity contribution in [1.82, 2.24) is 19.6 Å². The number of hydrogen-bond donors (Lipinski definition) is 1. The van der Waals surface area contributed by atoms with Gasteiger partial charge in [-0.3, -0.25) is 9.69 Å². The van der Waals surface area contributed by atoms with Crippen LogP contribution >= 0.6 is 0 Å². The second-order valence-corrected chi connectivity index (χ2v) is 6.44. The molecule has 7 nitrogen and oxygen atoms in total. The summed E-state index contributed by atoms with van der Waals surface area (Å²) in [5.74, 6) is 0.718. The maximum atomic E-state index is 11.5. The Morgan fingerprint density at radius 2 is 2.22 bits per heavy atom. The molecule has 3 heterocycles. The van der Waals surface area contributed by atoms with Crippen molar-refractivity contribution >= 4 is 5.97 Å². The number of imidazole rings is 1. The summed E-state index contributed by atoms with van der Waals surface area (Å²) in [4.78, 5) is 18.0. The topological polar surface area (TPSA) is 84.4 Å². The Hall–Kier alpha value is -2.15. The monoisotopic (exact) mass is 316 g/mol. The number of rotatable bonds is 3. The number of fused-ring (bicyclic) bond motifs is 2. The highest BCUT2D eigenvalue weighted by molar-refractivity contribution is 5.70. The van der Waals surface area contributed by atoms with Crippen LogP contribution in [0.25, 0.3) is 0 Å². The molecule has 1 aliphatic carbocycles. The molecule has 23 heavy (non-hydrogen) atoms. The Labute approximate surface area is 133 Å². The average molecular weight is 316 g/mol. The molecule has 1 atom stereocenters. The van der Waals surface area contributed by atoms with Crippen LogP contribution in [0.1, 0.15) is 35.7 Å². The maximum Gasteiger partial charge on any atom is 0.309 e. The summed E-state index contributed by atoms with van der Waals surface area (Å²) in [6.07, 6.45) is 7.89. The predicted octanol–water partition coefficient (Wildman–Crippen LogP) is 1.47. The number of aliphatic carboxylic acids is 1. The van der Waals surface area contributed by atoms with E-state index in [0.29, 0.717) is 26.2 Å². The molecule has 2 aromatic rings. The third-order valence-corrected chi connectivity index (χ3v) is 4.82. The molecule has 122 valence electrons. The van der Waals surface area contributed by atoms with Gasteiger partial charge in [0.1, 0.15) is 17.3 Å². The van der Waals surface area contributed by atoms with Crippen LogP contribution in [0.3, 0.4) is 0 Å². The van der Waals surface area contributed by atoms with Crippen molar-refractivity contribution in [3.05, 3.63) is 35.2 Å². The Kier molecular flexibility index (Phi) is 3.65. The summed E-state index contributed by atoms with van der Waals surface area (Å²) in [5, 5.41) is 13.7. The molecule has 0 amide bonds. The quantitative estimate of drug-likeness (QED) is 0.923. The Morgan fingerprint density at radius 3 is 3.09 bits per heavy atom. The lowest BCUT2D eigenvalue weighted by Gasteiger charge is -2.21. The number of carboxylic acid groups (broad SMARTS) is 1. The van der Waals surface area contributed by atoms with Gasteiger partial charge in [-0.25, -0.2) is 4.98 Å². The largest absolute Gasteiger partial charge is 0.481 e. The van der Waals surface area contributed by atoms with Crippen LogP contribution in [0.5, 0.6) is 0 Å². The molecule has 1 aliphatic heterocycles. The molecule has 0 bridgehead atoms. The number of hydrogen-bond acceptors (Lipinski definition) is 5. The van der Waals surface area contributed by atoms with Crippen molar-refractivity contribution in [3.8, 4) is 0 Å². The number of carboxylic acids is 1. The van der Waals surface area contributed by atoms with Gasteiger partial charge in [0, 0.05) is 44.0 Å². The first-order chi connectivity index (χ1) is 11.2. The number of aryl methyl sites for hydroxylation is 1. The SMILES string of the molecule is O=C(O)C1CN(Cc2noc3c2CCCC3)Cc2nccn2C1. The Bertz CT molecular complexity index is 721. The molecule has 0 spiro atoms. The second-order valence-electron chi connectivity index (χ2n) is 6.44. The smallest absolute Gasteiger partial charge is 0.309 e. The van der Waals surface area contributed by atoms with Gasteiger partial charge < -0.3 is 14.2 Å². The molecule has 2 aromatic heterocycles. The number of nitrogens with zero attached hydrogens (tertiary/aromatic N) is 4. The van der Waals surface area contributed by atoms with Gasteiger partial charge in [0.15, 0.2) is 0 Å². The van der Waals surface area contributed by atoms with Crippen molar-refractivity contribution in [3.63, 3.8) is 0 Å². The normalized spacial score (nSPS) is 21.5. The first-order valence-electron chi connectivity index (χ1n) is 8.12. The summed E-state index contributed by atoms with van der Waals surface area (Å²) in [5.41, 5.74) is 2.19. The van der Waals surface area contributed by atoms with Gasteiger partial charge in [0.05, 0.1) is 12.5 Å². The van der Waals surface area contributed by atoms with E-state index in [1.165, 1.54) is 12.0 Å². The van der Waals surface area contributed by atoms with Crippen LogP contribution in [0.2, 0.25) is 0 Å². The number of aromatic nitrogens is 3. The zero-order valence-corrected chi connectivity index (χ0v) is 12.9. The molecule has 1 N–H and O–H groups in total. The fourth-order valence-corrected chi connectivity index (χ4v) is 3.59. The third kappa shape index (κ3) is 2.76. The van der Waals surface area contributed by atoms with Gasteiger partial charge in [-0.05, 0) is 19.3 Å². The fraction of sp³-hybridized carbons (Fsp3) is 0.562. The zero-order valence-electron chi connectivity index (χ0n) is 12.9. The lowest BCUT2D eigenvalue weighted by atomic mass is 9.96. The molecular formula is C16H20N4O3. The van der Waals surface area contributed by atoms with E-state index in [0.717, 1.165) is 36.5 Å². The summed E-state index contributed by atoms with van der Waals surface area (Å²) in [6.45, 7) is 2.23. The van der Waals surface area contributed by atoms with E-state index in [9.17, 15) is 9.90 Å². The van der Waals surface area contributed by atoms with Crippen molar-refractivity contribution in [2.75, 3.05) is 6.54 Å². The molecule has 0 radical (unpaired) electrons. The molecule has 1 unspecified atom stereocenters. The van der Waals surface area contributed by atoms with Crippen LogP contribution in [0.15, 0.2) is 16.9 Å². The molecule has 4 rings (SSSR count). The highest BCUT2D eigenvalue weighted by Gasteiger charge is 2.29. The lowest BCUT2D eigenvalue weighted by Crippen LogP contribution is -2.32. The number of carbonyl (C=O) groups is 1. The second kappa shape index (κ2) is 5.81. The summed E-state index contributed by atoms with van der Waals surface area (Å²) < 4.78 is 7.42. The van der Waals surface area contributed by atoms with Crippen molar-refractivity contribution in [2.24, 2.45) is 5.92 Å². The molecule has 0 fully saturated rings. The van der Waals surface area contributed by atoms with Gasteiger partial charge in [-0.2, -0.15) is 0 Å². The third-order valence-electron chi connectivity index (χ3n) is 4.82. The van der Waals surface area contributed by atoms with Gasteiger partial charge in [0.2, 0.25) is 0 Å². The van der Waals surface area contributed by atoms with Crippen LogP contribution in [-0.4, -0.2) is 37.2 Å². The van der Waals surface area contributed by atoms with Crippen LogP contribution in [0.4, 0.5) is 0 Å². The van der Waals surface area contributed by atoms with Gasteiger partial charge in [-0.1, -0.05) is 5.16 Å². The summed E-state index contributed by atoms with van der Waals surface area (Å²) in [7, 11) is 0. The lowest BCUT2D eigenvalue weighted by molar-refractivity contribution is -0.142. The first kappa shape index (κ1) is 14.4. The minimum atomic E-state index is -0.765. The molecule has 0 saturated heterocycles. The maximum absolute atomic E-state index is 11.5. The minimum absolute atomic E-state index is 0.437. The Morgan fingerprint density at radius 1 is 1.35 bits per heavy atom. The molecule has 2 aliphatic rings. The average Bonchev–Trinajstić information content (AvgIpc) is 3.10. The van der Waals surface area contributed by atoms with E-state index >= 15 is 0 Å². The van der Waals surface area contributed by atoms with Crippen LogP contribution in [-0.2, 0) is 37.3 Å². The van der Waals surface area contributed by atoms with E-state index in [1.807, 2.05) is 10.8 Å². The summed E-state index contributed by atoms with van der Waals surface area (Å²) >= 11 is 0. The molecule has 0 saturated carbocycles. The predicted molar refractivity (Wildman–Crippen MR) is 80.6 cm³/mol. The van der Waals surface area contributed by atoms with E-state index in [4.69, 9.17) is 4.52 Å². The van der Waals surface area contributed by atoms with E-state index in [2.05, 4.69) is 15.0 Å². The van der Waals surface area contributed by atoms with Crippen LogP contribution < -0.4 is 0 Å². The minimum Gasteiger partial charge on any atom is -0.481 e. The van der Waals surface area contributed by atoms with Gasteiger partial charge >= 0.3 is 5.97 Å². The molecule has 0 aromatic carbocycles. The zero-order chi connectivity index (χ0) is 15.8.